The molecule has 3 aliphatic heterocycles. The summed E-state index contributed by atoms with van der Waals surface area (Å²) in [7, 11) is 0. The number of thioether (sulfide) groups is 1. The zero-order chi connectivity index (χ0) is 14.0. The second kappa shape index (κ2) is 4.02. The van der Waals surface area contributed by atoms with Gasteiger partial charge in [-0.25, -0.2) is 4.79 Å². The van der Waals surface area contributed by atoms with Crippen LogP contribution < -0.4 is 0 Å². The first-order valence-corrected chi connectivity index (χ1v) is 8.16. The molecule has 2 fully saturated rings. The Morgan fingerprint density at radius 2 is 2.05 bits per heavy atom. The van der Waals surface area contributed by atoms with Gasteiger partial charge in [0.2, 0.25) is 0 Å². The lowest BCUT2D eigenvalue weighted by Gasteiger charge is -2.38. The van der Waals surface area contributed by atoms with E-state index in [9.17, 15) is 4.79 Å². The first kappa shape index (κ1) is 12.1. The molecule has 3 heterocycles. The van der Waals surface area contributed by atoms with Crippen molar-refractivity contribution in [2.24, 2.45) is 0 Å². The second-order valence-electron chi connectivity index (χ2n) is 5.99. The smallest absolute Gasteiger partial charge is 0.341 e. The summed E-state index contributed by atoms with van der Waals surface area (Å²) >= 11 is 1.68. The maximum absolute atomic E-state index is 12.6. The van der Waals surface area contributed by atoms with Crippen LogP contribution in [0.5, 0.6) is 0 Å². The quantitative estimate of drug-likeness (QED) is 0.694. The molecule has 21 heavy (non-hydrogen) atoms. The Morgan fingerprint density at radius 3 is 2.86 bits per heavy atom. The molecule has 5 rings (SSSR count). The molecule has 2 bridgehead atoms. The molecule has 3 atom stereocenters. The van der Waals surface area contributed by atoms with Gasteiger partial charge in [0.15, 0.2) is 4.93 Å². The van der Waals surface area contributed by atoms with E-state index in [1.807, 2.05) is 24.3 Å². The van der Waals surface area contributed by atoms with Gasteiger partial charge in [-0.15, -0.1) is 0 Å². The van der Waals surface area contributed by atoms with Gasteiger partial charge in [-0.1, -0.05) is 42.1 Å². The fourth-order valence-corrected chi connectivity index (χ4v) is 5.30. The van der Waals surface area contributed by atoms with Crippen molar-refractivity contribution in [3.8, 4) is 0 Å². The lowest BCUT2D eigenvalue weighted by atomic mass is 9.96. The van der Waals surface area contributed by atoms with Gasteiger partial charge < -0.3 is 9.47 Å². The normalized spacial score (nSPS) is 33.4. The Bertz CT molecular complexity index is 772. The first-order valence-electron chi connectivity index (χ1n) is 7.35. The molecule has 0 N–H and O–H groups in total. The van der Waals surface area contributed by atoms with Gasteiger partial charge in [0.25, 0.3) is 0 Å². The third-order valence-electron chi connectivity index (χ3n) is 4.75. The second-order valence-corrected chi connectivity index (χ2v) is 7.33. The molecule has 0 amide bonds. The van der Waals surface area contributed by atoms with Gasteiger partial charge >= 0.3 is 5.97 Å². The molecule has 0 aliphatic carbocycles. The van der Waals surface area contributed by atoms with Crippen molar-refractivity contribution in [3.05, 3.63) is 42.0 Å². The molecule has 3 nitrogen and oxygen atoms in total. The average Bonchev–Trinajstić information content (AvgIpc) is 3.07. The van der Waals surface area contributed by atoms with Gasteiger partial charge in [0, 0.05) is 11.3 Å². The third kappa shape index (κ3) is 1.57. The minimum absolute atomic E-state index is 0.0519. The van der Waals surface area contributed by atoms with Crippen molar-refractivity contribution in [2.45, 2.75) is 41.3 Å². The summed E-state index contributed by atoms with van der Waals surface area (Å²) in [5.74, 6) is -0.198. The maximum atomic E-state index is 12.6. The van der Waals surface area contributed by atoms with Crippen LogP contribution in [0.3, 0.4) is 0 Å². The molecule has 3 aliphatic rings. The fraction of sp³-hybridized carbons (Fsp3) is 0.353. The number of fused-ring (bicyclic) bond motifs is 6. The minimum atomic E-state index is -0.491. The van der Waals surface area contributed by atoms with E-state index in [2.05, 4.69) is 12.1 Å². The van der Waals surface area contributed by atoms with Gasteiger partial charge in [-0.05, 0) is 29.7 Å². The van der Waals surface area contributed by atoms with Crippen LogP contribution in [0.25, 0.3) is 10.8 Å². The summed E-state index contributed by atoms with van der Waals surface area (Å²) in [5.41, 5.74) is 0.714. The van der Waals surface area contributed by atoms with Crippen LogP contribution >= 0.6 is 11.8 Å². The molecular weight excluding hydrogens is 284 g/mol. The van der Waals surface area contributed by atoms with Crippen molar-refractivity contribution >= 4 is 28.5 Å². The topological polar surface area (TPSA) is 35.5 Å². The van der Waals surface area contributed by atoms with Crippen molar-refractivity contribution < 1.29 is 14.3 Å². The Kier molecular flexibility index (Phi) is 2.31. The highest BCUT2D eigenvalue weighted by Crippen LogP contribution is 2.56. The van der Waals surface area contributed by atoms with Gasteiger partial charge in [0.1, 0.15) is 6.10 Å². The van der Waals surface area contributed by atoms with Crippen molar-refractivity contribution in [2.75, 3.05) is 0 Å². The predicted octanol–water partition coefficient (Wildman–Crippen LogP) is 3.75. The van der Waals surface area contributed by atoms with Gasteiger partial charge in [-0.2, -0.15) is 0 Å². The Labute approximate surface area is 126 Å². The van der Waals surface area contributed by atoms with E-state index in [0.29, 0.717) is 5.56 Å². The van der Waals surface area contributed by atoms with E-state index in [1.54, 1.807) is 11.8 Å². The highest BCUT2D eigenvalue weighted by Gasteiger charge is 2.58. The number of rotatable bonds is 0. The number of esters is 1. The number of hydrogen-bond acceptors (Lipinski definition) is 4. The number of ether oxygens (including phenoxy) is 2. The van der Waals surface area contributed by atoms with E-state index in [1.165, 1.54) is 0 Å². The van der Waals surface area contributed by atoms with Crippen LogP contribution in [-0.4, -0.2) is 23.1 Å². The molecule has 106 valence electrons. The standard InChI is InChI=1S/C17H14O3S/c18-16-15-12-4-2-1-3-10(12)5-7-13(15)21-17(20-16)9-11-6-8-14(17)19-11/h1-5,7,11,14H,6,8-9H2. The predicted molar refractivity (Wildman–Crippen MR) is 80.5 cm³/mol. The molecule has 2 saturated heterocycles. The summed E-state index contributed by atoms with van der Waals surface area (Å²) in [6.07, 6.45) is 3.22. The molecule has 3 unspecified atom stereocenters. The van der Waals surface area contributed by atoms with Gasteiger partial charge in [-0.3, -0.25) is 0 Å². The molecule has 0 radical (unpaired) electrons. The molecule has 2 aromatic rings. The number of benzene rings is 2. The van der Waals surface area contributed by atoms with Crippen LogP contribution in [0.1, 0.15) is 29.6 Å². The first-order chi connectivity index (χ1) is 10.3. The lowest BCUT2D eigenvalue weighted by Crippen LogP contribution is -2.43. The van der Waals surface area contributed by atoms with Crippen molar-refractivity contribution in [3.63, 3.8) is 0 Å². The molecule has 1 spiro atoms. The number of carbonyl (C=O) groups is 1. The zero-order valence-electron chi connectivity index (χ0n) is 11.4. The molecule has 4 heteroatoms. The largest absolute Gasteiger partial charge is 0.441 e. The van der Waals surface area contributed by atoms with E-state index in [0.717, 1.165) is 34.9 Å². The van der Waals surface area contributed by atoms with E-state index < -0.39 is 4.93 Å². The Hall–Kier alpha value is -1.52. The number of hydrogen-bond donors (Lipinski definition) is 0. The maximum Gasteiger partial charge on any atom is 0.341 e. The number of carbonyl (C=O) groups excluding carboxylic acids is 1. The Balaban J connectivity index is 1.67. The monoisotopic (exact) mass is 298 g/mol. The van der Waals surface area contributed by atoms with Crippen LogP contribution in [0.15, 0.2) is 41.3 Å². The molecule has 0 aromatic heterocycles. The van der Waals surface area contributed by atoms with Crippen LogP contribution in [0.4, 0.5) is 0 Å². The average molecular weight is 298 g/mol. The lowest BCUT2D eigenvalue weighted by molar-refractivity contribution is -0.0107. The van der Waals surface area contributed by atoms with E-state index in [-0.39, 0.29) is 18.2 Å². The molecule has 0 saturated carbocycles. The summed E-state index contributed by atoms with van der Waals surface area (Å²) in [6.45, 7) is 0. The van der Waals surface area contributed by atoms with E-state index >= 15 is 0 Å². The van der Waals surface area contributed by atoms with Crippen LogP contribution in [-0.2, 0) is 9.47 Å². The minimum Gasteiger partial charge on any atom is -0.441 e. The zero-order valence-corrected chi connectivity index (χ0v) is 12.2. The van der Waals surface area contributed by atoms with Crippen molar-refractivity contribution in [1.82, 2.24) is 0 Å². The van der Waals surface area contributed by atoms with Crippen molar-refractivity contribution in [1.29, 1.82) is 0 Å². The third-order valence-corrected chi connectivity index (χ3v) is 6.17. The SMILES string of the molecule is O=C1OC2(CC3CCC2O3)Sc2ccc3ccccc3c21. The molecule has 2 aromatic carbocycles. The highest BCUT2D eigenvalue weighted by atomic mass is 32.2. The van der Waals surface area contributed by atoms with Crippen LogP contribution in [0.2, 0.25) is 0 Å². The van der Waals surface area contributed by atoms with Gasteiger partial charge in [0.05, 0.1) is 11.7 Å². The summed E-state index contributed by atoms with van der Waals surface area (Å²) in [5, 5.41) is 2.06. The van der Waals surface area contributed by atoms with E-state index in [4.69, 9.17) is 9.47 Å². The summed E-state index contributed by atoms with van der Waals surface area (Å²) < 4.78 is 11.8. The fourth-order valence-electron chi connectivity index (χ4n) is 3.81. The van der Waals surface area contributed by atoms with Crippen LogP contribution in [0, 0.1) is 0 Å². The summed E-state index contributed by atoms with van der Waals surface area (Å²) in [6, 6.07) is 12.1. The molecular formula is C17H14O3S. The summed E-state index contributed by atoms with van der Waals surface area (Å²) in [4.78, 5) is 13.2. The Morgan fingerprint density at radius 1 is 1.14 bits per heavy atom. The highest BCUT2D eigenvalue weighted by molar-refractivity contribution is 8.00.